The lowest BCUT2D eigenvalue weighted by molar-refractivity contribution is -0.120. The van der Waals surface area contributed by atoms with E-state index in [4.69, 9.17) is 4.74 Å². The van der Waals surface area contributed by atoms with Crippen molar-refractivity contribution in [2.24, 2.45) is 0 Å². The third kappa shape index (κ3) is 3.80. The van der Waals surface area contributed by atoms with E-state index in [1.165, 1.54) is 0 Å². The van der Waals surface area contributed by atoms with Crippen LogP contribution in [0.1, 0.15) is 6.42 Å². The van der Waals surface area contributed by atoms with Gasteiger partial charge in [0, 0.05) is 20.0 Å². The van der Waals surface area contributed by atoms with Gasteiger partial charge < -0.3 is 15.4 Å². The van der Waals surface area contributed by atoms with Crippen molar-refractivity contribution in [1.29, 1.82) is 0 Å². The topological polar surface area (TPSA) is 76.1 Å². The Morgan fingerprint density at radius 2 is 2.13 bits per heavy atom. The minimum atomic E-state index is -0.0176. The zero-order valence-electron chi connectivity index (χ0n) is 8.78. The van der Waals surface area contributed by atoms with Gasteiger partial charge >= 0.3 is 0 Å². The molecule has 0 aromatic carbocycles. The fourth-order valence-corrected chi connectivity index (χ4v) is 0.926. The van der Waals surface area contributed by atoms with Crippen molar-refractivity contribution in [1.82, 2.24) is 15.3 Å². The van der Waals surface area contributed by atoms with Gasteiger partial charge in [0.1, 0.15) is 0 Å². The van der Waals surface area contributed by atoms with Crippen LogP contribution in [0.25, 0.3) is 0 Å². The van der Waals surface area contributed by atoms with Crippen LogP contribution in [0.3, 0.4) is 0 Å². The Labute approximate surface area is 88.1 Å². The Balaban J connectivity index is 2.34. The Morgan fingerprint density at radius 1 is 1.47 bits per heavy atom. The first-order valence-electron chi connectivity index (χ1n) is 4.56. The summed E-state index contributed by atoms with van der Waals surface area (Å²) in [6.07, 6.45) is 3.52. The second-order valence-electron chi connectivity index (χ2n) is 2.80. The summed E-state index contributed by atoms with van der Waals surface area (Å²) < 4.78 is 4.91. The van der Waals surface area contributed by atoms with E-state index < -0.39 is 0 Å². The predicted molar refractivity (Wildman–Crippen MR) is 55.8 cm³/mol. The normalized spacial score (nSPS) is 9.47. The standard InChI is InChI=1S/C9H14N4O2/c1-10-8(14)3-4-11-9-12-5-7(15-2)6-13-9/h5-6H,3-4H2,1-2H3,(H,10,14)(H,11,12,13). The van der Waals surface area contributed by atoms with Gasteiger partial charge in [0.25, 0.3) is 0 Å². The summed E-state index contributed by atoms with van der Waals surface area (Å²) in [4.78, 5) is 18.9. The maximum Gasteiger partial charge on any atom is 0.222 e. The van der Waals surface area contributed by atoms with Crippen LogP contribution in [0, 0.1) is 0 Å². The molecular weight excluding hydrogens is 196 g/mol. The summed E-state index contributed by atoms with van der Waals surface area (Å²) in [5, 5.41) is 5.45. The highest BCUT2D eigenvalue weighted by Crippen LogP contribution is 2.06. The molecule has 0 bridgehead atoms. The van der Waals surface area contributed by atoms with E-state index in [9.17, 15) is 4.79 Å². The fraction of sp³-hybridized carbons (Fsp3) is 0.444. The molecule has 0 spiro atoms. The van der Waals surface area contributed by atoms with Crippen LogP contribution in [-0.4, -0.2) is 36.6 Å². The number of methoxy groups -OCH3 is 1. The van der Waals surface area contributed by atoms with Crippen LogP contribution >= 0.6 is 0 Å². The lowest BCUT2D eigenvalue weighted by atomic mass is 10.4. The SMILES string of the molecule is CNC(=O)CCNc1ncc(OC)cn1. The number of nitrogens with zero attached hydrogens (tertiary/aromatic N) is 2. The number of aromatic nitrogens is 2. The second-order valence-corrected chi connectivity index (χ2v) is 2.80. The van der Waals surface area contributed by atoms with Gasteiger partial charge in [0.05, 0.1) is 19.5 Å². The van der Waals surface area contributed by atoms with Crippen LogP contribution < -0.4 is 15.4 Å². The maximum absolute atomic E-state index is 10.9. The van der Waals surface area contributed by atoms with E-state index in [0.29, 0.717) is 24.7 Å². The first-order chi connectivity index (χ1) is 7.26. The van der Waals surface area contributed by atoms with E-state index in [-0.39, 0.29) is 5.91 Å². The van der Waals surface area contributed by atoms with Crippen molar-refractivity contribution < 1.29 is 9.53 Å². The smallest absolute Gasteiger partial charge is 0.222 e. The quantitative estimate of drug-likeness (QED) is 0.717. The molecule has 0 aliphatic rings. The second kappa shape index (κ2) is 5.79. The number of ether oxygens (including phenoxy) is 1. The number of hydrogen-bond acceptors (Lipinski definition) is 5. The average molecular weight is 210 g/mol. The number of rotatable bonds is 5. The molecule has 6 heteroatoms. The molecule has 2 N–H and O–H groups in total. The van der Waals surface area contributed by atoms with Gasteiger partial charge in [-0.1, -0.05) is 0 Å². The lowest BCUT2D eigenvalue weighted by Gasteiger charge is -2.04. The van der Waals surface area contributed by atoms with Crippen molar-refractivity contribution in [3.05, 3.63) is 12.4 Å². The highest BCUT2D eigenvalue weighted by molar-refractivity contribution is 5.75. The molecule has 0 fully saturated rings. The molecule has 1 aromatic heterocycles. The van der Waals surface area contributed by atoms with Gasteiger partial charge in [-0.05, 0) is 0 Å². The molecular formula is C9H14N4O2. The maximum atomic E-state index is 10.9. The molecule has 15 heavy (non-hydrogen) atoms. The van der Waals surface area contributed by atoms with Crippen molar-refractivity contribution in [3.63, 3.8) is 0 Å². The highest BCUT2D eigenvalue weighted by atomic mass is 16.5. The molecule has 1 amide bonds. The predicted octanol–water partition coefficient (Wildman–Crippen LogP) is 0.0332. The number of carbonyl (C=O) groups is 1. The summed E-state index contributed by atoms with van der Waals surface area (Å²) in [5.74, 6) is 1.07. The van der Waals surface area contributed by atoms with Crippen molar-refractivity contribution in [2.45, 2.75) is 6.42 Å². The van der Waals surface area contributed by atoms with Crippen molar-refractivity contribution >= 4 is 11.9 Å². The third-order valence-corrected chi connectivity index (χ3v) is 1.78. The molecule has 1 rings (SSSR count). The summed E-state index contributed by atoms with van der Waals surface area (Å²) in [5.41, 5.74) is 0. The number of hydrogen-bond donors (Lipinski definition) is 2. The minimum absolute atomic E-state index is 0.0176. The Morgan fingerprint density at radius 3 is 2.67 bits per heavy atom. The fourth-order valence-electron chi connectivity index (χ4n) is 0.926. The van der Waals surface area contributed by atoms with Gasteiger partial charge in [0.2, 0.25) is 11.9 Å². The zero-order valence-corrected chi connectivity index (χ0v) is 8.78. The largest absolute Gasteiger partial charge is 0.494 e. The van der Waals surface area contributed by atoms with Crippen LogP contribution in [0.15, 0.2) is 12.4 Å². The molecule has 0 saturated carbocycles. The Hall–Kier alpha value is -1.85. The van der Waals surface area contributed by atoms with E-state index in [0.717, 1.165) is 0 Å². The molecule has 0 radical (unpaired) electrons. The van der Waals surface area contributed by atoms with Crippen LogP contribution in [0.4, 0.5) is 5.95 Å². The van der Waals surface area contributed by atoms with Crippen LogP contribution in [0.2, 0.25) is 0 Å². The number of nitrogens with one attached hydrogen (secondary N) is 2. The van der Waals surface area contributed by atoms with E-state index in [1.54, 1.807) is 26.6 Å². The Bertz CT molecular complexity index is 312. The minimum Gasteiger partial charge on any atom is -0.494 e. The lowest BCUT2D eigenvalue weighted by Crippen LogP contribution is -2.21. The van der Waals surface area contributed by atoms with Gasteiger partial charge in [-0.3, -0.25) is 4.79 Å². The van der Waals surface area contributed by atoms with Gasteiger partial charge in [0.15, 0.2) is 5.75 Å². The number of anilines is 1. The molecule has 6 nitrogen and oxygen atoms in total. The zero-order chi connectivity index (χ0) is 11.1. The van der Waals surface area contributed by atoms with Gasteiger partial charge in [-0.15, -0.1) is 0 Å². The van der Waals surface area contributed by atoms with E-state index >= 15 is 0 Å². The summed E-state index contributed by atoms with van der Waals surface area (Å²) in [6.45, 7) is 0.506. The number of amides is 1. The summed E-state index contributed by atoms with van der Waals surface area (Å²) >= 11 is 0. The van der Waals surface area contributed by atoms with E-state index in [2.05, 4.69) is 20.6 Å². The monoisotopic (exact) mass is 210 g/mol. The molecule has 0 unspecified atom stereocenters. The van der Waals surface area contributed by atoms with Crippen molar-refractivity contribution in [3.8, 4) is 5.75 Å². The first kappa shape index (κ1) is 11.2. The molecule has 0 aliphatic heterocycles. The van der Waals surface area contributed by atoms with Crippen molar-refractivity contribution in [2.75, 3.05) is 26.0 Å². The van der Waals surface area contributed by atoms with Gasteiger partial charge in [-0.25, -0.2) is 9.97 Å². The molecule has 1 aromatic rings. The molecule has 0 saturated heterocycles. The van der Waals surface area contributed by atoms with E-state index in [1.807, 2.05) is 0 Å². The summed E-state index contributed by atoms with van der Waals surface area (Å²) in [6, 6.07) is 0. The highest BCUT2D eigenvalue weighted by Gasteiger charge is 1.99. The molecule has 1 heterocycles. The molecule has 82 valence electrons. The number of carbonyl (C=O) groups excluding carboxylic acids is 1. The van der Waals surface area contributed by atoms with Crippen LogP contribution in [-0.2, 0) is 4.79 Å². The van der Waals surface area contributed by atoms with Gasteiger partial charge in [-0.2, -0.15) is 0 Å². The van der Waals surface area contributed by atoms with Crippen LogP contribution in [0.5, 0.6) is 5.75 Å². The first-order valence-corrected chi connectivity index (χ1v) is 4.56. The Kier molecular flexibility index (Phi) is 4.33. The molecule has 0 atom stereocenters. The summed E-state index contributed by atoms with van der Waals surface area (Å²) in [7, 11) is 3.16. The average Bonchev–Trinajstić information content (AvgIpc) is 2.29. The third-order valence-electron chi connectivity index (χ3n) is 1.78. The molecule has 0 aliphatic carbocycles.